The third kappa shape index (κ3) is 7.61. The normalized spacial score (nSPS) is 14.0. The van der Waals surface area contributed by atoms with Crippen LogP contribution >= 0.6 is 15.9 Å². The molecule has 2 amide bonds. The molecule has 0 saturated carbocycles. The van der Waals surface area contributed by atoms with Crippen molar-refractivity contribution in [3.05, 3.63) is 52.5 Å². The quantitative estimate of drug-likeness (QED) is 0.474. The molecule has 3 rings (SSSR count). The average molecular weight is 597 g/mol. The van der Waals surface area contributed by atoms with E-state index in [1.165, 1.54) is 11.8 Å². The highest BCUT2D eigenvalue weighted by Crippen LogP contribution is 2.35. The van der Waals surface area contributed by atoms with Gasteiger partial charge in [0.2, 0.25) is 21.8 Å². The smallest absolute Gasteiger partial charge is 0.244 e. The Morgan fingerprint density at radius 2 is 1.68 bits per heavy atom. The average Bonchev–Trinajstić information content (AvgIpc) is 2.85. The Kier molecular flexibility index (Phi) is 9.12. The lowest BCUT2D eigenvalue weighted by molar-refractivity contribution is -0.140. The molecule has 0 saturated heterocycles. The van der Waals surface area contributed by atoms with Gasteiger partial charge < -0.3 is 19.7 Å². The monoisotopic (exact) mass is 595 g/mol. The molecule has 1 atom stereocenters. The first-order valence-electron chi connectivity index (χ1n) is 12.1. The van der Waals surface area contributed by atoms with Crippen LogP contribution in [-0.2, 0) is 26.2 Å². The fourth-order valence-electron chi connectivity index (χ4n) is 3.75. The van der Waals surface area contributed by atoms with Crippen molar-refractivity contribution in [2.24, 2.45) is 0 Å². The second-order valence-corrected chi connectivity index (χ2v) is 12.9. The van der Waals surface area contributed by atoms with Gasteiger partial charge in [-0.1, -0.05) is 28.1 Å². The molecule has 1 aliphatic heterocycles. The van der Waals surface area contributed by atoms with Crippen molar-refractivity contribution in [1.82, 2.24) is 10.2 Å². The van der Waals surface area contributed by atoms with Crippen LogP contribution in [0.1, 0.15) is 40.2 Å². The van der Waals surface area contributed by atoms with Crippen LogP contribution in [0, 0.1) is 0 Å². The van der Waals surface area contributed by atoms with Crippen molar-refractivity contribution >= 4 is 43.5 Å². The number of benzene rings is 2. The summed E-state index contributed by atoms with van der Waals surface area (Å²) in [4.78, 5) is 28.2. The number of rotatable bonds is 9. The Morgan fingerprint density at radius 1 is 1.05 bits per heavy atom. The van der Waals surface area contributed by atoms with Crippen molar-refractivity contribution in [1.29, 1.82) is 0 Å². The van der Waals surface area contributed by atoms with E-state index < -0.39 is 34.1 Å². The zero-order valence-electron chi connectivity index (χ0n) is 21.8. The van der Waals surface area contributed by atoms with E-state index in [2.05, 4.69) is 21.2 Å². The minimum Gasteiger partial charge on any atom is -0.486 e. The van der Waals surface area contributed by atoms with E-state index in [1.54, 1.807) is 25.1 Å². The topological polar surface area (TPSA) is 105 Å². The molecule has 1 unspecified atom stereocenters. The van der Waals surface area contributed by atoms with Crippen LogP contribution in [0.3, 0.4) is 0 Å². The molecular formula is C26H34BrN3O6S. The summed E-state index contributed by atoms with van der Waals surface area (Å²) in [7, 11) is -3.84. The molecule has 11 heteroatoms. The lowest BCUT2D eigenvalue weighted by atomic mass is 10.1. The number of carbonyl (C=O) groups excluding carboxylic acids is 2. The maximum absolute atomic E-state index is 13.7. The molecule has 1 heterocycles. The molecule has 0 spiro atoms. The van der Waals surface area contributed by atoms with Crippen molar-refractivity contribution in [2.45, 2.75) is 52.7 Å². The van der Waals surface area contributed by atoms with E-state index in [1.807, 2.05) is 45.0 Å². The summed E-state index contributed by atoms with van der Waals surface area (Å²) in [5, 5.41) is 2.91. The van der Waals surface area contributed by atoms with E-state index in [-0.39, 0.29) is 23.9 Å². The number of sulfonamides is 1. The summed E-state index contributed by atoms with van der Waals surface area (Å²) in [5.41, 5.74) is 0.589. The maximum atomic E-state index is 13.7. The van der Waals surface area contributed by atoms with Gasteiger partial charge >= 0.3 is 0 Å². The van der Waals surface area contributed by atoms with Crippen molar-refractivity contribution in [3.63, 3.8) is 0 Å². The number of amides is 2. The van der Waals surface area contributed by atoms with Gasteiger partial charge in [-0.05, 0) is 64.4 Å². The van der Waals surface area contributed by atoms with Crippen LogP contribution in [0.25, 0.3) is 0 Å². The SMILES string of the molecule is CCS(=O)(=O)N(CC(=O)N(Cc1ccc(Br)cc1)C(C)C(=O)NC(C)(C)C)c1ccc2c(c1)OCCO2. The van der Waals surface area contributed by atoms with E-state index in [9.17, 15) is 18.0 Å². The molecule has 2 aromatic rings. The van der Waals surface area contributed by atoms with Crippen molar-refractivity contribution in [2.75, 3.05) is 29.8 Å². The van der Waals surface area contributed by atoms with Gasteiger partial charge in [-0.25, -0.2) is 8.42 Å². The molecule has 37 heavy (non-hydrogen) atoms. The van der Waals surface area contributed by atoms with Gasteiger partial charge in [0.1, 0.15) is 25.8 Å². The lowest BCUT2D eigenvalue weighted by Gasteiger charge is -2.33. The first kappa shape index (κ1) is 28.8. The number of nitrogens with zero attached hydrogens (tertiary/aromatic N) is 2. The van der Waals surface area contributed by atoms with Gasteiger partial charge in [-0.15, -0.1) is 0 Å². The summed E-state index contributed by atoms with van der Waals surface area (Å²) in [6.45, 7) is 9.14. The first-order chi connectivity index (χ1) is 17.3. The molecule has 0 radical (unpaired) electrons. The van der Waals surface area contributed by atoms with Crippen LogP contribution < -0.4 is 19.1 Å². The van der Waals surface area contributed by atoms with Gasteiger partial charge in [-0.3, -0.25) is 13.9 Å². The predicted octanol–water partition coefficient (Wildman–Crippen LogP) is 3.71. The van der Waals surface area contributed by atoms with E-state index >= 15 is 0 Å². The van der Waals surface area contributed by atoms with Gasteiger partial charge in [0.25, 0.3) is 0 Å². The van der Waals surface area contributed by atoms with Crippen LogP contribution in [0.4, 0.5) is 5.69 Å². The van der Waals surface area contributed by atoms with E-state index in [0.29, 0.717) is 24.7 Å². The van der Waals surface area contributed by atoms with Gasteiger partial charge in [-0.2, -0.15) is 0 Å². The summed E-state index contributed by atoms with van der Waals surface area (Å²) < 4.78 is 39.3. The summed E-state index contributed by atoms with van der Waals surface area (Å²) in [6, 6.07) is 11.3. The molecule has 1 aliphatic rings. The number of hydrogen-bond donors (Lipinski definition) is 1. The molecule has 0 bridgehead atoms. The zero-order chi connectivity index (χ0) is 27.4. The second-order valence-electron chi connectivity index (χ2n) is 9.80. The van der Waals surface area contributed by atoms with Gasteiger partial charge in [0, 0.05) is 22.6 Å². The van der Waals surface area contributed by atoms with Crippen molar-refractivity contribution in [3.8, 4) is 11.5 Å². The fourth-order valence-corrected chi connectivity index (χ4v) is 5.07. The molecule has 9 nitrogen and oxygen atoms in total. The molecule has 2 aromatic carbocycles. The summed E-state index contributed by atoms with van der Waals surface area (Å²) in [5.74, 6) is -0.119. The second kappa shape index (κ2) is 11.7. The standard InChI is InChI=1S/C26H34BrN3O6S/c1-6-37(33,34)30(21-11-12-22-23(15-21)36-14-13-35-22)17-24(31)29(16-19-7-9-20(27)10-8-19)18(2)25(32)28-26(3,4)5/h7-12,15,18H,6,13-14,16-17H2,1-5H3,(H,28,32). The van der Waals surface area contributed by atoms with Gasteiger partial charge in [0.15, 0.2) is 11.5 Å². The number of hydrogen-bond acceptors (Lipinski definition) is 6. The van der Waals surface area contributed by atoms with E-state index in [4.69, 9.17) is 9.47 Å². The molecule has 202 valence electrons. The third-order valence-electron chi connectivity index (χ3n) is 5.72. The lowest BCUT2D eigenvalue weighted by Crippen LogP contribution is -2.54. The minimum absolute atomic E-state index is 0.131. The number of anilines is 1. The predicted molar refractivity (Wildman–Crippen MR) is 146 cm³/mol. The Hall–Kier alpha value is -2.79. The van der Waals surface area contributed by atoms with E-state index in [0.717, 1.165) is 14.3 Å². The van der Waals surface area contributed by atoms with Crippen molar-refractivity contribution < 1.29 is 27.5 Å². The van der Waals surface area contributed by atoms with Crippen LogP contribution in [0.15, 0.2) is 46.9 Å². The van der Waals surface area contributed by atoms with Crippen LogP contribution in [0.2, 0.25) is 0 Å². The van der Waals surface area contributed by atoms with Crippen LogP contribution in [0.5, 0.6) is 11.5 Å². The minimum atomic E-state index is -3.84. The molecular weight excluding hydrogens is 562 g/mol. The summed E-state index contributed by atoms with van der Waals surface area (Å²) >= 11 is 3.40. The number of nitrogens with one attached hydrogen (secondary N) is 1. The maximum Gasteiger partial charge on any atom is 0.244 e. The Labute approximate surface area is 227 Å². The molecule has 0 fully saturated rings. The molecule has 0 aromatic heterocycles. The fraction of sp³-hybridized carbons (Fsp3) is 0.462. The number of fused-ring (bicyclic) bond motifs is 1. The Bertz CT molecular complexity index is 1230. The number of halogens is 1. The molecule has 1 N–H and O–H groups in total. The molecule has 0 aliphatic carbocycles. The highest BCUT2D eigenvalue weighted by Gasteiger charge is 2.32. The Morgan fingerprint density at radius 3 is 2.27 bits per heavy atom. The van der Waals surface area contributed by atoms with Gasteiger partial charge in [0.05, 0.1) is 11.4 Å². The highest BCUT2D eigenvalue weighted by molar-refractivity contribution is 9.10. The first-order valence-corrected chi connectivity index (χ1v) is 14.5. The Balaban J connectivity index is 1.95. The highest BCUT2D eigenvalue weighted by atomic mass is 79.9. The number of carbonyl (C=O) groups is 2. The summed E-state index contributed by atoms with van der Waals surface area (Å²) in [6.07, 6.45) is 0. The zero-order valence-corrected chi connectivity index (χ0v) is 24.2. The largest absolute Gasteiger partial charge is 0.486 e. The third-order valence-corrected chi connectivity index (χ3v) is 7.99. The number of ether oxygens (including phenoxy) is 2. The van der Waals surface area contributed by atoms with Crippen LogP contribution in [-0.4, -0.2) is 62.2 Å².